The normalized spacial score (nSPS) is 12.1. The first-order valence-corrected chi connectivity index (χ1v) is 9.84. The van der Waals surface area contributed by atoms with E-state index < -0.39 is 18.3 Å². The molecule has 0 saturated heterocycles. The Morgan fingerprint density at radius 2 is 1.81 bits per heavy atom. The minimum Gasteiger partial charge on any atom is -0.234 e. The van der Waals surface area contributed by atoms with Crippen molar-refractivity contribution in [1.29, 1.82) is 0 Å². The van der Waals surface area contributed by atoms with Crippen LogP contribution in [0.15, 0.2) is 29.2 Å². The molecule has 0 aromatic heterocycles. The van der Waals surface area contributed by atoms with Gasteiger partial charge in [-0.3, -0.25) is 0 Å². The van der Waals surface area contributed by atoms with Crippen molar-refractivity contribution in [2.24, 2.45) is 0 Å². The van der Waals surface area contributed by atoms with Gasteiger partial charge in [0.1, 0.15) is 8.24 Å². The van der Waals surface area contributed by atoms with Crippen LogP contribution in [-0.2, 0) is 10.0 Å². The lowest BCUT2D eigenvalue weighted by atomic mass is 10.2. The van der Waals surface area contributed by atoms with Gasteiger partial charge in [-0.2, -0.15) is 0 Å². The van der Waals surface area contributed by atoms with Crippen LogP contribution in [0, 0.1) is 12.3 Å². The zero-order valence-corrected chi connectivity index (χ0v) is 11.4. The predicted molar refractivity (Wildman–Crippen MR) is 68.0 cm³/mol. The average molecular weight is 253 g/mol. The summed E-state index contributed by atoms with van der Waals surface area (Å²) >= 11 is 0. The van der Waals surface area contributed by atoms with Crippen molar-refractivity contribution in [3.8, 4) is 12.3 Å². The third kappa shape index (κ3) is 3.20. The predicted octanol–water partition coefficient (Wildman–Crippen LogP) is 1.78. The van der Waals surface area contributed by atoms with E-state index in [-0.39, 0.29) is 4.90 Å². The van der Waals surface area contributed by atoms with Crippen LogP contribution in [-0.4, -0.2) is 16.7 Å². The van der Waals surface area contributed by atoms with Crippen LogP contribution >= 0.6 is 0 Å². The molecule has 0 atom stereocenters. The molecule has 0 radical (unpaired) electrons. The topological polar surface area (TPSA) is 46.2 Å². The molecule has 0 heterocycles. The molecule has 1 aromatic rings. The lowest BCUT2D eigenvalue weighted by Crippen LogP contribution is -2.45. The van der Waals surface area contributed by atoms with Gasteiger partial charge < -0.3 is 0 Å². The Morgan fingerprint density at radius 3 is 2.31 bits per heavy atom. The maximum Gasteiger partial charge on any atom is 0.235 e. The Morgan fingerprint density at radius 1 is 1.25 bits per heavy atom. The van der Waals surface area contributed by atoms with Crippen LogP contribution in [0.2, 0.25) is 19.6 Å². The van der Waals surface area contributed by atoms with Crippen LogP contribution in [0.5, 0.6) is 0 Å². The highest BCUT2D eigenvalue weighted by atomic mass is 32.2. The number of hydrogen-bond acceptors (Lipinski definition) is 2. The molecule has 1 aromatic carbocycles. The fourth-order valence-electron chi connectivity index (χ4n) is 1.28. The highest BCUT2D eigenvalue weighted by molar-refractivity contribution is 7.91. The summed E-state index contributed by atoms with van der Waals surface area (Å²) in [5.74, 6) is 2.38. The van der Waals surface area contributed by atoms with Crippen LogP contribution in [0.25, 0.3) is 0 Å². The van der Waals surface area contributed by atoms with Crippen molar-refractivity contribution < 1.29 is 8.42 Å². The van der Waals surface area contributed by atoms with Gasteiger partial charge in [0.2, 0.25) is 10.0 Å². The second-order valence-corrected chi connectivity index (χ2v) is 11.3. The fraction of sp³-hybridized carbons (Fsp3) is 0.273. The van der Waals surface area contributed by atoms with Gasteiger partial charge in [0.15, 0.2) is 0 Å². The average Bonchev–Trinajstić information content (AvgIpc) is 2.14. The van der Waals surface area contributed by atoms with Gasteiger partial charge in [0, 0.05) is 5.56 Å². The molecule has 0 unspecified atom stereocenters. The highest BCUT2D eigenvalue weighted by Crippen LogP contribution is 2.15. The molecule has 0 aliphatic rings. The second kappa shape index (κ2) is 4.42. The van der Waals surface area contributed by atoms with E-state index in [1.54, 1.807) is 18.2 Å². The van der Waals surface area contributed by atoms with Gasteiger partial charge in [0.05, 0.1) is 4.90 Å². The molecule has 1 rings (SSSR count). The molecule has 1 N–H and O–H groups in total. The van der Waals surface area contributed by atoms with E-state index in [0.29, 0.717) is 5.56 Å². The molecule has 0 bridgehead atoms. The van der Waals surface area contributed by atoms with E-state index in [4.69, 9.17) is 6.42 Å². The molecule has 0 fully saturated rings. The van der Waals surface area contributed by atoms with Gasteiger partial charge in [-0.05, 0) is 12.1 Å². The smallest absolute Gasteiger partial charge is 0.234 e. The summed E-state index contributed by atoms with van der Waals surface area (Å²) in [6, 6.07) is 6.54. The number of nitrogens with one attached hydrogen (secondary N) is 1. The van der Waals surface area contributed by atoms with E-state index in [1.165, 1.54) is 6.07 Å². The van der Waals surface area contributed by atoms with Crippen molar-refractivity contribution in [1.82, 2.24) is 4.39 Å². The lowest BCUT2D eigenvalue weighted by molar-refractivity contribution is 0.592. The van der Waals surface area contributed by atoms with E-state index in [1.807, 2.05) is 19.6 Å². The van der Waals surface area contributed by atoms with Gasteiger partial charge in [-0.25, -0.2) is 12.8 Å². The zero-order valence-electron chi connectivity index (χ0n) is 9.61. The van der Waals surface area contributed by atoms with Crippen LogP contribution in [0.3, 0.4) is 0 Å². The summed E-state index contributed by atoms with van der Waals surface area (Å²) in [5, 5.41) is 0. The van der Waals surface area contributed by atoms with Crippen LogP contribution in [0.4, 0.5) is 0 Å². The van der Waals surface area contributed by atoms with E-state index in [9.17, 15) is 8.42 Å². The van der Waals surface area contributed by atoms with Crippen molar-refractivity contribution in [2.75, 3.05) is 0 Å². The summed E-state index contributed by atoms with van der Waals surface area (Å²) in [7, 11) is -5.41. The van der Waals surface area contributed by atoms with Crippen LogP contribution in [0.1, 0.15) is 5.56 Å². The fourth-order valence-corrected chi connectivity index (χ4v) is 5.62. The molecule has 0 aliphatic carbocycles. The molecule has 3 nitrogen and oxygen atoms in total. The number of hydrogen-bond donors (Lipinski definition) is 1. The lowest BCUT2D eigenvalue weighted by Gasteiger charge is -2.18. The van der Waals surface area contributed by atoms with E-state index in [0.717, 1.165) is 0 Å². The molecule has 0 saturated carbocycles. The van der Waals surface area contributed by atoms with Crippen LogP contribution < -0.4 is 4.39 Å². The standard InChI is InChI=1S/C11H15NO2SSi/c1-5-10-8-6-7-9-11(10)15(13,14)12-16(2,3)4/h1,6-9,12H,2-4H3. The summed E-state index contributed by atoms with van der Waals surface area (Å²) in [6.45, 7) is 5.76. The van der Waals surface area contributed by atoms with Gasteiger partial charge >= 0.3 is 0 Å². The maximum atomic E-state index is 12.1. The SMILES string of the molecule is C#Cc1ccccc1S(=O)(=O)N[Si](C)(C)C. The molecular weight excluding hydrogens is 238 g/mol. The quantitative estimate of drug-likeness (QED) is 0.659. The summed E-state index contributed by atoms with van der Waals surface area (Å²) in [4.78, 5) is 0.180. The summed E-state index contributed by atoms with van der Waals surface area (Å²) in [6.07, 6.45) is 5.28. The van der Waals surface area contributed by atoms with E-state index >= 15 is 0 Å². The van der Waals surface area contributed by atoms with Gasteiger partial charge in [-0.15, -0.1) is 6.42 Å². The van der Waals surface area contributed by atoms with Gasteiger partial charge in [0.25, 0.3) is 0 Å². The molecule has 0 spiro atoms. The third-order valence-electron chi connectivity index (χ3n) is 1.77. The van der Waals surface area contributed by atoms with Gasteiger partial charge in [-0.1, -0.05) is 37.7 Å². The molecule has 0 amide bonds. The molecule has 5 heteroatoms. The molecular formula is C11H15NO2SSi. The molecule has 0 aliphatic heterocycles. The Labute approximate surface area is 98.0 Å². The Hall–Kier alpha value is -1.09. The van der Waals surface area contributed by atoms with Crippen molar-refractivity contribution in [2.45, 2.75) is 24.5 Å². The van der Waals surface area contributed by atoms with Crippen molar-refractivity contribution in [3.05, 3.63) is 29.8 Å². The second-order valence-electron chi connectivity index (χ2n) is 4.50. The number of benzene rings is 1. The molecule has 16 heavy (non-hydrogen) atoms. The first-order valence-electron chi connectivity index (χ1n) is 4.86. The first-order chi connectivity index (χ1) is 7.26. The molecule has 86 valence electrons. The summed E-state index contributed by atoms with van der Waals surface area (Å²) < 4.78 is 26.8. The Kier molecular flexibility index (Phi) is 3.58. The zero-order chi connectivity index (χ0) is 12.4. The Bertz CT molecular complexity index is 524. The minimum atomic E-state index is -3.49. The monoisotopic (exact) mass is 253 g/mol. The minimum absolute atomic E-state index is 0.180. The van der Waals surface area contributed by atoms with E-state index in [2.05, 4.69) is 10.3 Å². The number of terminal acetylenes is 1. The third-order valence-corrected chi connectivity index (χ3v) is 6.23. The highest BCUT2D eigenvalue weighted by Gasteiger charge is 2.25. The maximum absolute atomic E-state index is 12.1. The number of sulfonamides is 1. The Balaban J connectivity index is 3.24. The van der Waals surface area contributed by atoms with Crippen molar-refractivity contribution >= 4 is 18.3 Å². The summed E-state index contributed by atoms with van der Waals surface area (Å²) in [5.41, 5.74) is 0.397. The number of rotatable bonds is 3. The van der Waals surface area contributed by atoms with Crippen molar-refractivity contribution in [3.63, 3.8) is 0 Å². The largest absolute Gasteiger partial charge is 0.235 e. The first kappa shape index (κ1) is 13.0.